The van der Waals surface area contributed by atoms with Gasteiger partial charge < -0.3 is 14.8 Å². The maximum atomic E-state index is 12.3. The smallest absolute Gasteiger partial charge is 0.274 e. The van der Waals surface area contributed by atoms with Crippen LogP contribution >= 0.6 is 0 Å². The Morgan fingerprint density at radius 1 is 1.44 bits per heavy atom. The van der Waals surface area contributed by atoms with E-state index >= 15 is 0 Å². The van der Waals surface area contributed by atoms with Crippen LogP contribution in [0.1, 0.15) is 18.9 Å². The predicted octanol–water partition coefficient (Wildman–Crippen LogP) is 1.50. The van der Waals surface area contributed by atoms with Crippen LogP contribution in [-0.4, -0.2) is 42.8 Å². The number of halogens is 1. The molecule has 0 spiro atoms. The molecule has 0 bridgehead atoms. The van der Waals surface area contributed by atoms with Crippen molar-refractivity contribution < 1.29 is 4.39 Å². The lowest BCUT2D eigenvalue weighted by Gasteiger charge is -2.32. The summed E-state index contributed by atoms with van der Waals surface area (Å²) in [5.41, 5.74) is 0.660. The topological polar surface area (TPSA) is 37.3 Å². The number of pyridine rings is 1. The summed E-state index contributed by atoms with van der Waals surface area (Å²) >= 11 is 0. The third-order valence-electron chi connectivity index (χ3n) is 3.60. The monoisotopic (exact) mass is 253 g/mol. The highest BCUT2D eigenvalue weighted by Gasteiger charge is 2.21. The van der Waals surface area contributed by atoms with Crippen LogP contribution < -0.4 is 10.9 Å². The van der Waals surface area contributed by atoms with Crippen molar-refractivity contribution in [1.29, 1.82) is 0 Å². The minimum Gasteiger partial charge on any atom is -0.384 e. The van der Waals surface area contributed by atoms with Crippen LogP contribution in [-0.2, 0) is 0 Å². The van der Waals surface area contributed by atoms with E-state index in [1.165, 1.54) is 0 Å². The molecular formula is C13H20FN3O. The zero-order valence-corrected chi connectivity index (χ0v) is 10.7. The van der Waals surface area contributed by atoms with Crippen LogP contribution in [0.3, 0.4) is 0 Å². The first kappa shape index (κ1) is 13.1. The number of hydrogen-bond acceptors (Lipinski definition) is 3. The van der Waals surface area contributed by atoms with Gasteiger partial charge in [-0.05, 0) is 25.0 Å². The number of hydrogen-bond donors (Lipinski definition) is 1. The molecule has 0 saturated carbocycles. The Bertz CT molecular complexity index is 438. The van der Waals surface area contributed by atoms with Gasteiger partial charge in [0.25, 0.3) is 5.56 Å². The average molecular weight is 253 g/mol. The fourth-order valence-electron chi connectivity index (χ4n) is 2.53. The molecular weight excluding hydrogens is 233 g/mol. The lowest BCUT2D eigenvalue weighted by atomic mass is 10.0. The van der Waals surface area contributed by atoms with Crippen molar-refractivity contribution >= 4 is 5.69 Å². The Hall–Kier alpha value is -1.36. The first-order valence-corrected chi connectivity index (χ1v) is 6.43. The molecule has 0 aliphatic carbocycles. The SMILES string of the molecule is CNc1cccn(C2CCN(CCF)CC2)c1=O. The minimum absolute atomic E-state index is 0.0314. The number of nitrogens with zero attached hydrogens (tertiary/aromatic N) is 2. The van der Waals surface area contributed by atoms with Crippen LogP contribution in [0.25, 0.3) is 0 Å². The Morgan fingerprint density at radius 2 is 2.17 bits per heavy atom. The molecule has 1 aliphatic rings. The van der Waals surface area contributed by atoms with E-state index in [0.717, 1.165) is 25.9 Å². The largest absolute Gasteiger partial charge is 0.384 e. The molecule has 18 heavy (non-hydrogen) atoms. The van der Waals surface area contributed by atoms with Crippen molar-refractivity contribution in [2.24, 2.45) is 0 Å². The molecule has 1 aliphatic heterocycles. The number of rotatable bonds is 4. The van der Waals surface area contributed by atoms with Gasteiger partial charge in [0.2, 0.25) is 0 Å². The van der Waals surface area contributed by atoms with Crippen LogP contribution in [0, 0.1) is 0 Å². The number of anilines is 1. The highest BCUT2D eigenvalue weighted by molar-refractivity contribution is 5.39. The molecule has 1 aromatic rings. The van der Waals surface area contributed by atoms with E-state index in [1.54, 1.807) is 17.7 Å². The van der Waals surface area contributed by atoms with E-state index in [9.17, 15) is 9.18 Å². The van der Waals surface area contributed by atoms with Gasteiger partial charge in [0, 0.05) is 38.9 Å². The number of alkyl halides is 1. The molecule has 5 heteroatoms. The van der Waals surface area contributed by atoms with Crippen molar-refractivity contribution in [3.8, 4) is 0 Å². The normalized spacial score (nSPS) is 17.9. The molecule has 0 aromatic carbocycles. The van der Waals surface area contributed by atoms with E-state index in [4.69, 9.17) is 0 Å². The highest BCUT2D eigenvalue weighted by Crippen LogP contribution is 2.21. The molecule has 0 unspecified atom stereocenters. The highest BCUT2D eigenvalue weighted by atomic mass is 19.1. The van der Waals surface area contributed by atoms with Gasteiger partial charge in [-0.2, -0.15) is 0 Å². The lowest BCUT2D eigenvalue weighted by molar-refractivity contribution is 0.173. The van der Waals surface area contributed by atoms with Gasteiger partial charge in [-0.3, -0.25) is 4.79 Å². The van der Waals surface area contributed by atoms with Crippen molar-refractivity contribution in [3.05, 3.63) is 28.7 Å². The molecule has 2 heterocycles. The van der Waals surface area contributed by atoms with Gasteiger partial charge >= 0.3 is 0 Å². The Morgan fingerprint density at radius 3 is 2.78 bits per heavy atom. The first-order valence-electron chi connectivity index (χ1n) is 6.43. The quantitative estimate of drug-likeness (QED) is 0.883. The number of aromatic nitrogens is 1. The lowest BCUT2D eigenvalue weighted by Crippen LogP contribution is -2.38. The van der Waals surface area contributed by atoms with E-state index < -0.39 is 0 Å². The van der Waals surface area contributed by atoms with Crippen LogP contribution in [0.15, 0.2) is 23.1 Å². The fourth-order valence-corrected chi connectivity index (χ4v) is 2.53. The molecule has 1 aromatic heterocycles. The second-order valence-corrected chi connectivity index (χ2v) is 4.65. The van der Waals surface area contributed by atoms with Crippen LogP contribution in [0.2, 0.25) is 0 Å². The zero-order chi connectivity index (χ0) is 13.0. The van der Waals surface area contributed by atoms with Gasteiger partial charge in [-0.15, -0.1) is 0 Å². The summed E-state index contributed by atoms with van der Waals surface area (Å²) in [6.45, 7) is 1.95. The summed E-state index contributed by atoms with van der Waals surface area (Å²) in [7, 11) is 1.75. The molecule has 1 saturated heterocycles. The van der Waals surface area contributed by atoms with Crippen molar-refractivity contribution in [3.63, 3.8) is 0 Å². The van der Waals surface area contributed by atoms with Gasteiger partial charge in [0.1, 0.15) is 12.4 Å². The Labute approximate surface area is 106 Å². The first-order chi connectivity index (χ1) is 8.76. The van der Waals surface area contributed by atoms with Gasteiger partial charge in [-0.1, -0.05) is 0 Å². The summed E-state index contributed by atoms with van der Waals surface area (Å²) in [4.78, 5) is 14.2. The van der Waals surface area contributed by atoms with E-state index in [-0.39, 0.29) is 18.3 Å². The molecule has 0 amide bonds. The third kappa shape index (κ3) is 2.72. The maximum Gasteiger partial charge on any atom is 0.274 e. The second-order valence-electron chi connectivity index (χ2n) is 4.65. The van der Waals surface area contributed by atoms with Gasteiger partial charge in [0.15, 0.2) is 0 Å². The summed E-state index contributed by atoms with van der Waals surface area (Å²) in [6, 6.07) is 3.92. The minimum atomic E-state index is -0.292. The van der Waals surface area contributed by atoms with Gasteiger partial charge in [-0.25, -0.2) is 4.39 Å². The summed E-state index contributed by atoms with van der Waals surface area (Å²) in [5.74, 6) is 0. The zero-order valence-electron chi connectivity index (χ0n) is 10.7. The van der Waals surface area contributed by atoms with Gasteiger partial charge in [0.05, 0.1) is 0 Å². The molecule has 0 radical (unpaired) electrons. The number of piperidine rings is 1. The molecule has 0 atom stereocenters. The maximum absolute atomic E-state index is 12.3. The van der Waals surface area contributed by atoms with Crippen LogP contribution in [0.4, 0.5) is 10.1 Å². The fraction of sp³-hybridized carbons (Fsp3) is 0.615. The molecule has 2 rings (SSSR count). The average Bonchev–Trinajstić information content (AvgIpc) is 2.41. The van der Waals surface area contributed by atoms with Crippen molar-refractivity contribution in [2.75, 3.05) is 38.7 Å². The van der Waals surface area contributed by atoms with E-state index in [0.29, 0.717) is 12.2 Å². The second kappa shape index (κ2) is 6.00. The summed E-state index contributed by atoms with van der Waals surface area (Å²) < 4.78 is 14.1. The van der Waals surface area contributed by atoms with Crippen LogP contribution in [0.5, 0.6) is 0 Å². The third-order valence-corrected chi connectivity index (χ3v) is 3.60. The number of likely N-dealkylation sites (tertiary alicyclic amines) is 1. The molecule has 1 N–H and O–H groups in total. The standard InChI is InChI=1S/C13H20FN3O/c1-15-12-3-2-7-17(13(12)18)11-4-8-16(9-5-11)10-6-14/h2-3,7,11,15H,4-6,8-10H2,1H3. The van der Waals surface area contributed by atoms with Crippen molar-refractivity contribution in [2.45, 2.75) is 18.9 Å². The van der Waals surface area contributed by atoms with E-state index in [2.05, 4.69) is 10.2 Å². The van der Waals surface area contributed by atoms with Crippen molar-refractivity contribution in [1.82, 2.24) is 9.47 Å². The predicted molar refractivity (Wildman–Crippen MR) is 70.9 cm³/mol. The summed E-state index contributed by atoms with van der Waals surface area (Å²) in [5, 5.41) is 2.91. The number of nitrogens with one attached hydrogen (secondary N) is 1. The Kier molecular flexibility index (Phi) is 4.36. The molecule has 4 nitrogen and oxygen atoms in total. The molecule has 100 valence electrons. The van der Waals surface area contributed by atoms with E-state index in [1.807, 2.05) is 12.3 Å². The molecule has 1 fully saturated rings. The Balaban J connectivity index is 2.08. The summed E-state index contributed by atoms with van der Waals surface area (Å²) in [6.07, 6.45) is 3.67.